The Morgan fingerprint density at radius 1 is 1.73 bits per heavy atom. The van der Waals surface area contributed by atoms with E-state index in [1.165, 1.54) is 4.88 Å². The highest BCUT2D eigenvalue weighted by Gasteiger charge is 2.10. The van der Waals surface area contributed by atoms with Crippen molar-refractivity contribution in [3.05, 3.63) is 20.8 Å². The minimum atomic E-state index is 0.189. The first-order valence-corrected chi connectivity index (χ1v) is 5.73. The van der Waals surface area contributed by atoms with Gasteiger partial charge in [0.25, 0.3) is 0 Å². The van der Waals surface area contributed by atoms with E-state index in [9.17, 15) is 0 Å². The highest BCUT2D eigenvalue weighted by Crippen LogP contribution is 2.35. The molecule has 1 heterocycles. The summed E-state index contributed by atoms with van der Waals surface area (Å²) in [6.07, 6.45) is 2.19. The summed E-state index contributed by atoms with van der Waals surface area (Å²) in [6, 6.07) is 2.05. The van der Waals surface area contributed by atoms with Crippen LogP contribution in [0.3, 0.4) is 0 Å². The summed E-state index contributed by atoms with van der Waals surface area (Å²) >= 11 is 11.3. The Morgan fingerprint density at radius 2 is 2.45 bits per heavy atom. The summed E-state index contributed by atoms with van der Waals surface area (Å²) in [5.41, 5.74) is 0. The van der Waals surface area contributed by atoms with Gasteiger partial charge in [0.2, 0.25) is 0 Å². The fourth-order valence-electron chi connectivity index (χ4n) is 0.913. The Hall–Kier alpha value is 0.470. The lowest BCUT2D eigenvalue weighted by Gasteiger charge is -2.04. The van der Waals surface area contributed by atoms with Gasteiger partial charge in [0.15, 0.2) is 0 Å². The average molecular weight is 254 g/mol. The zero-order chi connectivity index (χ0) is 8.27. The van der Waals surface area contributed by atoms with E-state index in [1.54, 1.807) is 11.3 Å². The lowest BCUT2D eigenvalue weighted by atomic mass is 10.2. The van der Waals surface area contributed by atoms with Crippen molar-refractivity contribution < 1.29 is 0 Å². The first-order valence-electron chi connectivity index (χ1n) is 3.62. The molecule has 0 bridgehead atoms. The average Bonchev–Trinajstić information content (AvgIpc) is 2.36. The number of thiophene rings is 1. The minimum Gasteiger partial charge on any atom is -0.146 e. The Balaban J connectivity index is 2.67. The molecule has 11 heavy (non-hydrogen) atoms. The van der Waals surface area contributed by atoms with Crippen molar-refractivity contribution in [2.75, 3.05) is 0 Å². The number of halogens is 2. The SMILES string of the molecule is CCCC(Cl)c1sccc1Br. The van der Waals surface area contributed by atoms with Gasteiger partial charge in [-0.2, -0.15) is 0 Å². The van der Waals surface area contributed by atoms with Crippen LogP contribution in [0.2, 0.25) is 0 Å². The van der Waals surface area contributed by atoms with E-state index < -0.39 is 0 Å². The number of hydrogen-bond donors (Lipinski definition) is 0. The summed E-state index contributed by atoms with van der Waals surface area (Å²) in [5.74, 6) is 0. The van der Waals surface area contributed by atoms with Crippen molar-refractivity contribution in [1.82, 2.24) is 0 Å². The van der Waals surface area contributed by atoms with Gasteiger partial charge in [0.05, 0.1) is 5.38 Å². The molecule has 0 radical (unpaired) electrons. The van der Waals surface area contributed by atoms with Crippen LogP contribution >= 0.6 is 38.9 Å². The molecule has 1 aromatic heterocycles. The normalized spacial score (nSPS) is 13.4. The van der Waals surface area contributed by atoms with Gasteiger partial charge in [0, 0.05) is 9.35 Å². The third-order valence-electron chi connectivity index (χ3n) is 1.47. The van der Waals surface area contributed by atoms with E-state index in [1.807, 2.05) is 6.07 Å². The summed E-state index contributed by atoms with van der Waals surface area (Å²) in [6.45, 7) is 2.15. The lowest BCUT2D eigenvalue weighted by molar-refractivity contribution is 0.778. The predicted octanol–water partition coefficient (Wildman–Crippen LogP) is 4.59. The van der Waals surface area contributed by atoms with Gasteiger partial charge in [-0.25, -0.2) is 0 Å². The van der Waals surface area contributed by atoms with E-state index in [4.69, 9.17) is 11.6 Å². The van der Waals surface area contributed by atoms with E-state index in [2.05, 4.69) is 28.2 Å². The quantitative estimate of drug-likeness (QED) is 0.691. The summed E-state index contributed by atoms with van der Waals surface area (Å²) in [4.78, 5) is 1.26. The van der Waals surface area contributed by atoms with Gasteiger partial charge in [-0.05, 0) is 33.8 Å². The molecule has 0 aliphatic rings. The van der Waals surface area contributed by atoms with Crippen molar-refractivity contribution in [1.29, 1.82) is 0 Å². The van der Waals surface area contributed by atoms with Gasteiger partial charge in [-0.1, -0.05) is 13.3 Å². The second-order valence-corrected chi connectivity index (χ2v) is 4.72. The summed E-state index contributed by atoms with van der Waals surface area (Å²) < 4.78 is 1.15. The zero-order valence-corrected chi connectivity index (χ0v) is 9.47. The number of alkyl halides is 1. The van der Waals surface area contributed by atoms with Gasteiger partial charge in [-0.3, -0.25) is 0 Å². The molecule has 0 spiro atoms. The van der Waals surface area contributed by atoms with E-state index in [-0.39, 0.29) is 5.38 Å². The van der Waals surface area contributed by atoms with Crippen molar-refractivity contribution >= 4 is 38.9 Å². The van der Waals surface area contributed by atoms with Gasteiger partial charge in [-0.15, -0.1) is 22.9 Å². The number of hydrogen-bond acceptors (Lipinski definition) is 1. The van der Waals surface area contributed by atoms with Crippen LogP contribution in [0, 0.1) is 0 Å². The van der Waals surface area contributed by atoms with Crippen LogP contribution in [0.25, 0.3) is 0 Å². The second-order valence-electron chi connectivity index (χ2n) is 2.39. The lowest BCUT2D eigenvalue weighted by Crippen LogP contribution is -1.85. The molecule has 62 valence electrons. The molecule has 0 nitrogen and oxygen atoms in total. The highest BCUT2D eigenvalue weighted by atomic mass is 79.9. The Labute approximate surface area is 84.7 Å². The maximum absolute atomic E-state index is 6.13. The molecular formula is C8H10BrClS. The maximum atomic E-state index is 6.13. The van der Waals surface area contributed by atoms with Crippen LogP contribution < -0.4 is 0 Å². The third-order valence-corrected chi connectivity index (χ3v) is 4.02. The molecule has 0 amide bonds. The van der Waals surface area contributed by atoms with E-state index in [0.717, 1.165) is 17.3 Å². The molecule has 0 saturated heterocycles. The predicted molar refractivity (Wildman–Crippen MR) is 55.5 cm³/mol. The number of rotatable bonds is 3. The van der Waals surface area contributed by atoms with E-state index >= 15 is 0 Å². The standard InChI is InChI=1S/C8H10BrClS/c1-2-3-7(10)8-6(9)4-5-11-8/h4-5,7H,2-3H2,1H3. The minimum absolute atomic E-state index is 0.189. The molecule has 0 N–H and O–H groups in total. The maximum Gasteiger partial charge on any atom is 0.0689 e. The van der Waals surface area contributed by atoms with Crippen LogP contribution in [0.5, 0.6) is 0 Å². The highest BCUT2D eigenvalue weighted by molar-refractivity contribution is 9.10. The van der Waals surface area contributed by atoms with Crippen LogP contribution in [-0.2, 0) is 0 Å². The van der Waals surface area contributed by atoms with Crippen molar-refractivity contribution in [2.24, 2.45) is 0 Å². The van der Waals surface area contributed by atoms with Crippen molar-refractivity contribution in [2.45, 2.75) is 25.1 Å². The molecular weight excluding hydrogens is 244 g/mol. The smallest absolute Gasteiger partial charge is 0.0689 e. The molecule has 0 saturated carbocycles. The summed E-state index contributed by atoms with van der Waals surface area (Å²) in [5, 5.41) is 2.25. The molecule has 0 aliphatic heterocycles. The van der Waals surface area contributed by atoms with E-state index in [0.29, 0.717) is 0 Å². The molecule has 0 fully saturated rings. The molecule has 0 aliphatic carbocycles. The van der Waals surface area contributed by atoms with Crippen LogP contribution in [-0.4, -0.2) is 0 Å². The van der Waals surface area contributed by atoms with Gasteiger partial charge >= 0.3 is 0 Å². The first kappa shape index (κ1) is 9.56. The molecule has 1 rings (SSSR count). The molecule has 3 heteroatoms. The van der Waals surface area contributed by atoms with Crippen LogP contribution in [0.4, 0.5) is 0 Å². The molecule has 1 aromatic rings. The molecule has 1 atom stereocenters. The Bertz CT molecular complexity index is 222. The Kier molecular flexibility index (Phi) is 3.90. The van der Waals surface area contributed by atoms with Crippen LogP contribution in [0.15, 0.2) is 15.9 Å². The second kappa shape index (κ2) is 4.48. The zero-order valence-electron chi connectivity index (χ0n) is 6.31. The monoisotopic (exact) mass is 252 g/mol. The van der Waals surface area contributed by atoms with Gasteiger partial charge < -0.3 is 0 Å². The largest absolute Gasteiger partial charge is 0.146 e. The first-order chi connectivity index (χ1) is 5.25. The van der Waals surface area contributed by atoms with Crippen molar-refractivity contribution in [3.8, 4) is 0 Å². The molecule has 0 aromatic carbocycles. The Morgan fingerprint density at radius 3 is 2.91 bits per heavy atom. The fraction of sp³-hybridized carbons (Fsp3) is 0.500. The topological polar surface area (TPSA) is 0 Å². The fourth-order valence-corrected chi connectivity index (χ4v) is 3.20. The van der Waals surface area contributed by atoms with Crippen molar-refractivity contribution in [3.63, 3.8) is 0 Å². The summed E-state index contributed by atoms with van der Waals surface area (Å²) in [7, 11) is 0. The van der Waals surface area contributed by atoms with Crippen LogP contribution in [0.1, 0.15) is 30.0 Å². The van der Waals surface area contributed by atoms with Gasteiger partial charge in [0.1, 0.15) is 0 Å². The third kappa shape index (κ3) is 2.46. The molecule has 1 unspecified atom stereocenters.